The molecule has 1 fully saturated rings. The molecule has 208 valence electrons. The first-order chi connectivity index (χ1) is 17.4. The molecular formula is C22H34N4O8S3. The summed E-state index contributed by atoms with van der Waals surface area (Å²) in [6, 6.07) is -3.60. The number of nitrogens with one attached hydrogen (secondary N) is 4. The summed E-state index contributed by atoms with van der Waals surface area (Å²) in [5.41, 5.74) is 0. The lowest BCUT2D eigenvalue weighted by molar-refractivity contribution is -0.148. The third kappa shape index (κ3) is 10.6. The summed E-state index contributed by atoms with van der Waals surface area (Å²) in [7, 11) is -0.923. The van der Waals surface area contributed by atoms with Crippen LogP contribution in [0, 0.1) is 5.92 Å². The van der Waals surface area contributed by atoms with Crippen molar-refractivity contribution in [3.05, 3.63) is 12.2 Å². The molecule has 0 spiro atoms. The number of sulfone groups is 1. The van der Waals surface area contributed by atoms with Gasteiger partial charge in [0.2, 0.25) is 23.6 Å². The van der Waals surface area contributed by atoms with Crippen LogP contribution in [0.3, 0.4) is 0 Å². The molecule has 2 bridgehead atoms. The van der Waals surface area contributed by atoms with Crippen molar-refractivity contribution < 1.29 is 37.1 Å². The minimum Gasteiger partial charge on any atom is -0.456 e. The molecule has 0 aliphatic carbocycles. The Balaban J connectivity index is 2.51. The number of rotatable bonds is 4. The molecule has 12 nitrogen and oxygen atoms in total. The highest BCUT2D eigenvalue weighted by Gasteiger charge is 2.33. The summed E-state index contributed by atoms with van der Waals surface area (Å²) >= 11 is 0. The molecule has 2 heterocycles. The zero-order chi connectivity index (χ0) is 27.6. The SMILES string of the molecule is CCS(=O)(=O)C[C@H]1NC(=O)C[C@H]2/C=C/CCSSC[C@@H](NC1=O)C(=O)N[C@H](C(C)C)C(=O)NCC(=O)O2. The molecule has 2 rings (SSSR count). The first kappa shape index (κ1) is 31.0. The predicted molar refractivity (Wildman–Crippen MR) is 141 cm³/mol. The van der Waals surface area contributed by atoms with E-state index < -0.39 is 76.0 Å². The van der Waals surface area contributed by atoms with E-state index in [9.17, 15) is 32.4 Å². The lowest BCUT2D eigenvalue weighted by Crippen LogP contribution is -2.59. The van der Waals surface area contributed by atoms with Crippen LogP contribution in [0.2, 0.25) is 0 Å². The monoisotopic (exact) mass is 578 g/mol. The fourth-order valence-electron chi connectivity index (χ4n) is 3.40. The van der Waals surface area contributed by atoms with Crippen molar-refractivity contribution in [3.63, 3.8) is 0 Å². The summed E-state index contributed by atoms with van der Waals surface area (Å²) in [5, 5.41) is 10.0. The fraction of sp³-hybridized carbons (Fsp3) is 0.682. The van der Waals surface area contributed by atoms with Crippen molar-refractivity contribution in [2.75, 3.05) is 29.6 Å². The summed E-state index contributed by atoms with van der Waals surface area (Å²) in [6.45, 7) is 4.36. The van der Waals surface area contributed by atoms with Crippen LogP contribution in [0.15, 0.2) is 12.2 Å². The van der Waals surface area contributed by atoms with Gasteiger partial charge in [-0.05, 0) is 18.4 Å². The van der Waals surface area contributed by atoms with E-state index in [2.05, 4.69) is 21.3 Å². The Morgan fingerprint density at radius 3 is 2.43 bits per heavy atom. The maximum Gasteiger partial charge on any atom is 0.326 e. The summed E-state index contributed by atoms with van der Waals surface area (Å²) < 4.78 is 30.0. The molecule has 0 aromatic rings. The normalized spacial score (nSPS) is 28.3. The lowest BCUT2D eigenvalue weighted by Gasteiger charge is -2.27. The van der Waals surface area contributed by atoms with Crippen molar-refractivity contribution in [2.24, 2.45) is 5.92 Å². The Hall–Kier alpha value is -2.26. The number of carbonyl (C=O) groups is 5. The quantitative estimate of drug-likeness (QED) is 0.190. The topological polar surface area (TPSA) is 177 Å². The Kier molecular flexibility index (Phi) is 12.2. The molecule has 0 unspecified atom stereocenters. The largest absolute Gasteiger partial charge is 0.456 e. The maximum absolute atomic E-state index is 13.2. The second-order valence-corrected chi connectivity index (χ2v) is 13.9. The molecule has 1 saturated heterocycles. The molecule has 0 aromatic carbocycles. The van der Waals surface area contributed by atoms with Gasteiger partial charge in [-0.1, -0.05) is 48.4 Å². The second kappa shape index (κ2) is 14.6. The molecule has 4 amide bonds. The molecular weight excluding hydrogens is 544 g/mol. The summed E-state index contributed by atoms with van der Waals surface area (Å²) in [6.07, 6.45) is 2.51. The Labute approximate surface area is 224 Å². The van der Waals surface area contributed by atoms with Crippen LogP contribution < -0.4 is 21.3 Å². The molecule has 0 aromatic heterocycles. The predicted octanol–water partition coefficient (Wildman–Crippen LogP) is -0.695. The third-order valence-electron chi connectivity index (χ3n) is 5.50. The number of fused-ring (bicyclic) bond motifs is 7. The molecule has 4 N–H and O–H groups in total. The van der Waals surface area contributed by atoms with E-state index in [1.807, 2.05) is 0 Å². The number of carbonyl (C=O) groups excluding carboxylic acids is 5. The van der Waals surface area contributed by atoms with Crippen molar-refractivity contribution in [1.82, 2.24) is 21.3 Å². The number of amides is 4. The van der Waals surface area contributed by atoms with Crippen LogP contribution in [0.25, 0.3) is 0 Å². The van der Waals surface area contributed by atoms with Gasteiger partial charge in [-0.2, -0.15) is 0 Å². The van der Waals surface area contributed by atoms with Gasteiger partial charge in [0.1, 0.15) is 30.8 Å². The van der Waals surface area contributed by atoms with Crippen LogP contribution >= 0.6 is 21.6 Å². The average molecular weight is 579 g/mol. The number of allylic oxidation sites excluding steroid dienone is 1. The first-order valence-corrected chi connectivity index (χ1v) is 16.2. The van der Waals surface area contributed by atoms with E-state index in [0.29, 0.717) is 12.2 Å². The van der Waals surface area contributed by atoms with Gasteiger partial charge in [0.05, 0.1) is 12.2 Å². The lowest BCUT2D eigenvalue weighted by atomic mass is 10.0. The second-order valence-electron chi connectivity index (χ2n) is 8.88. The van der Waals surface area contributed by atoms with Crippen molar-refractivity contribution in [2.45, 2.75) is 57.8 Å². The number of ether oxygens (including phenoxy) is 1. The zero-order valence-corrected chi connectivity index (χ0v) is 23.4. The van der Waals surface area contributed by atoms with Crippen molar-refractivity contribution >= 4 is 61.0 Å². The van der Waals surface area contributed by atoms with Gasteiger partial charge in [0.15, 0.2) is 9.84 Å². The number of hydrogen-bond acceptors (Lipinski definition) is 10. The molecule has 0 radical (unpaired) electrons. The maximum atomic E-state index is 13.2. The van der Waals surface area contributed by atoms with Crippen LogP contribution in [-0.2, 0) is 38.5 Å². The number of hydrogen-bond donors (Lipinski definition) is 4. The molecule has 37 heavy (non-hydrogen) atoms. The summed E-state index contributed by atoms with van der Waals surface area (Å²) in [4.78, 5) is 64.3. The van der Waals surface area contributed by atoms with Crippen molar-refractivity contribution in [3.8, 4) is 0 Å². The minimum atomic E-state index is -3.70. The highest BCUT2D eigenvalue weighted by Crippen LogP contribution is 2.23. The van der Waals surface area contributed by atoms with Gasteiger partial charge in [-0.15, -0.1) is 0 Å². The molecule has 2 aliphatic rings. The van der Waals surface area contributed by atoms with Crippen LogP contribution in [0.1, 0.15) is 33.6 Å². The summed E-state index contributed by atoms with van der Waals surface area (Å²) in [5.74, 6) is -4.14. The van der Waals surface area contributed by atoms with E-state index in [1.165, 1.54) is 28.5 Å². The molecule has 4 atom stereocenters. The first-order valence-electron chi connectivity index (χ1n) is 11.9. The number of esters is 1. The Morgan fingerprint density at radius 1 is 1.03 bits per heavy atom. The van der Waals surface area contributed by atoms with E-state index in [4.69, 9.17) is 4.74 Å². The molecule has 15 heteroatoms. The highest BCUT2D eigenvalue weighted by atomic mass is 33.1. The average Bonchev–Trinajstić information content (AvgIpc) is 2.82. The van der Waals surface area contributed by atoms with Gasteiger partial charge in [0.25, 0.3) is 0 Å². The van der Waals surface area contributed by atoms with E-state index in [1.54, 1.807) is 26.0 Å². The smallest absolute Gasteiger partial charge is 0.326 e. The standard InChI is InChI=1S/C22H34N4O8S3/c1-4-37(32,33)12-16-21(30)25-15-11-36-35-8-6-5-7-14(9-17(27)24-16)34-18(28)10-23-22(31)19(13(2)3)26-20(15)29/h5,7,13-16,19H,4,6,8-12H2,1-3H3,(H,23,31)(H,24,27)(H,25,30)(H,26,29)/b7-5+/t14-,15-,16-,19-/m1/s1. The fourth-order valence-corrected chi connectivity index (χ4v) is 6.54. The van der Waals surface area contributed by atoms with Crippen molar-refractivity contribution in [1.29, 1.82) is 0 Å². The van der Waals surface area contributed by atoms with Gasteiger partial charge in [0, 0.05) is 17.3 Å². The minimum absolute atomic E-state index is 0.129. The zero-order valence-electron chi connectivity index (χ0n) is 21.0. The highest BCUT2D eigenvalue weighted by molar-refractivity contribution is 8.76. The van der Waals surface area contributed by atoms with Gasteiger partial charge >= 0.3 is 5.97 Å². The van der Waals surface area contributed by atoms with Crippen LogP contribution in [0.4, 0.5) is 0 Å². The van der Waals surface area contributed by atoms with Crippen LogP contribution in [0.5, 0.6) is 0 Å². The van der Waals surface area contributed by atoms with Gasteiger partial charge < -0.3 is 26.0 Å². The Bertz CT molecular complexity index is 1000. The van der Waals surface area contributed by atoms with E-state index >= 15 is 0 Å². The van der Waals surface area contributed by atoms with Gasteiger partial charge in [-0.3, -0.25) is 24.0 Å². The third-order valence-corrected chi connectivity index (χ3v) is 9.67. The Morgan fingerprint density at radius 2 is 1.76 bits per heavy atom. The molecule has 0 saturated carbocycles. The van der Waals surface area contributed by atoms with E-state index in [-0.39, 0.29) is 23.8 Å². The van der Waals surface area contributed by atoms with E-state index in [0.717, 1.165) is 0 Å². The van der Waals surface area contributed by atoms with Gasteiger partial charge in [-0.25, -0.2) is 8.42 Å². The molecule has 2 aliphatic heterocycles. The van der Waals surface area contributed by atoms with Crippen LogP contribution in [-0.4, -0.2) is 91.8 Å².